The predicted molar refractivity (Wildman–Crippen MR) is 90.1 cm³/mol. The molecule has 0 aliphatic carbocycles. The highest BCUT2D eigenvalue weighted by Gasteiger charge is 2.31. The normalized spacial score (nSPS) is 11.5. The molecule has 0 saturated carbocycles. The molecular weight excluding hydrogens is 352 g/mol. The van der Waals surface area contributed by atoms with Crippen molar-refractivity contribution >= 4 is 23.6 Å². The lowest BCUT2D eigenvalue weighted by Crippen LogP contribution is -2.16. The van der Waals surface area contributed by atoms with Gasteiger partial charge in [-0.2, -0.15) is 15.4 Å². The molecule has 0 aliphatic heterocycles. The van der Waals surface area contributed by atoms with Crippen LogP contribution in [0.15, 0.2) is 20.9 Å². The van der Waals surface area contributed by atoms with Crippen molar-refractivity contribution in [3.05, 3.63) is 40.6 Å². The minimum atomic E-state index is -1.27. The van der Waals surface area contributed by atoms with Gasteiger partial charge in [-0.25, -0.2) is 4.79 Å². The van der Waals surface area contributed by atoms with Gasteiger partial charge in [0.05, 0.1) is 12.3 Å². The summed E-state index contributed by atoms with van der Waals surface area (Å²) in [5.74, 6) is -1.10. The molecule has 2 heterocycles. The standard InChI is InChI=1S/C16H14N8O3/c1-5-10-9-27-16(20-10)23-22-11(7-17)14-21-13(18-3)15(19-4)24(14)8-12(25)26-6-2/h9,11H,5-6,8H2,1-2H3. The van der Waals surface area contributed by atoms with Crippen LogP contribution in [0.4, 0.5) is 17.7 Å². The molecule has 0 aliphatic rings. The number of azo groups is 1. The number of carbonyl (C=O) groups is 1. The van der Waals surface area contributed by atoms with Crippen molar-refractivity contribution < 1.29 is 13.9 Å². The second-order valence-electron chi connectivity index (χ2n) is 4.95. The van der Waals surface area contributed by atoms with Crippen molar-refractivity contribution in [3.63, 3.8) is 0 Å². The van der Waals surface area contributed by atoms with Crippen molar-refractivity contribution in [3.8, 4) is 6.07 Å². The Balaban J connectivity index is 2.42. The van der Waals surface area contributed by atoms with Crippen LogP contribution in [0.5, 0.6) is 0 Å². The van der Waals surface area contributed by atoms with Gasteiger partial charge in [-0.05, 0) is 13.3 Å². The highest BCUT2D eigenvalue weighted by molar-refractivity contribution is 5.72. The topological polar surface area (TPSA) is 127 Å². The first-order chi connectivity index (χ1) is 13.1. The summed E-state index contributed by atoms with van der Waals surface area (Å²) in [6.45, 7) is 17.7. The Hall–Kier alpha value is -4.04. The van der Waals surface area contributed by atoms with Crippen molar-refractivity contribution in [1.29, 1.82) is 5.26 Å². The average molecular weight is 366 g/mol. The van der Waals surface area contributed by atoms with E-state index >= 15 is 0 Å². The van der Waals surface area contributed by atoms with Gasteiger partial charge in [0.1, 0.15) is 12.3 Å². The van der Waals surface area contributed by atoms with E-state index in [9.17, 15) is 10.1 Å². The van der Waals surface area contributed by atoms with E-state index in [2.05, 4.69) is 29.9 Å². The lowest BCUT2D eigenvalue weighted by atomic mass is 10.3. The van der Waals surface area contributed by atoms with Crippen LogP contribution in [-0.4, -0.2) is 27.1 Å². The van der Waals surface area contributed by atoms with Crippen molar-refractivity contribution in [2.24, 2.45) is 10.2 Å². The Bertz CT molecular complexity index is 983. The number of hydrogen-bond acceptors (Lipinski definition) is 8. The fourth-order valence-corrected chi connectivity index (χ4v) is 2.08. The Kier molecular flexibility index (Phi) is 6.34. The number of aryl methyl sites for hydroxylation is 1. The maximum Gasteiger partial charge on any atom is 0.347 e. The fraction of sp³-hybridized carbons (Fsp3) is 0.375. The van der Waals surface area contributed by atoms with Crippen LogP contribution in [0.3, 0.4) is 0 Å². The number of imidazole rings is 1. The van der Waals surface area contributed by atoms with Crippen LogP contribution in [0.1, 0.15) is 31.4 Å². The molecule has 1 unspecified atom stereocenters. The first kappa shape index (κ1) is 19.3. The lowest BCUT2D eigenvalue weighted by Gasteiger charge is -2.05. The summed E-state index contributed by atoms with van der Waals surface area (Å²) in [5, 5.41) is 17.0. The smallest absolute Gasteiger partial charge is 0.347 e. The summed E-state index contributed by atoms with van der Waals surface area (Å²) in [6, 6.07) is 0.566. The van der Waals surface area contributed by atoms with Crippen molar-refractivity contribution in [2.45, 2.75) is 32.9 Å². The highest BCUT2D eigenvalue weighted by atomic mass is 16.5. The minimum Gasteiger partial charge on any atom is -0.463 e. The van der Waals surface area contributed by atoms with Crippen molar-refractivity contribution in [1.82, 2.24) is 14.5 Å². The molecule has 11 nitrogen and oxygen atoms in total. The number of hydrogen-bond donors (Lipinski definition) is 0. The number of ether oxygens (including phenoxy) is 1. The Morgan fingerprint density at radius 2 is 2.22 bits per heavy atom. The van der Waals surface area contributed by atoms with Gasteiger partial charge >= 0.3 is 17.8 Å². The van der Waals surface area contributed by atoms with Gasteiger partial charge in [0.25, 0.3) is 17.7 Å². The van der Waals surface area contributed by atoms with E-state index in [4.69, 9.17) is 22.3 Å². The molecule has 0 amide bonds. The van der Waals surface area contributed by atoms with E-state index in [1.165, 1.54) is 6.26 Å². The first-order valence-electron chi connectivity index (χ1n) is 7.83. The van der Waals surface area contributed by atoms with E-state index in [1.54, 1.807) is 6.92 Å². The molecule has 2 aromatic heterocycles. The zero-order valence-corrected chi connectivity index (χ0v) is 14.6. The quantitative estimate of drug-likeness (QED) is 0.419. The van der Waals surface area contributed by atoms with Gasteiger partial charge in [-0.1, -0.05) is 30.2 Å². The first-order valence-corrected chi connectivity index (χ1v) is 7.83. The molecular formula is C16H14N8O3. The fourth-order valence-electron chi connectivity index (χ4n) is 2.08. The number of rotatable bonds is 7. The van der Waals surface area contributed by atoms with Crippen LogP contribution < -0.4 is 0 Å². The molecule has 0 fully saturated rings. The second-order valence-corrected chi connectivity index (χ2v) is 4.95. The molecule has 2 rings (SSSR count). The second kappa shape index (κ2) is 8.88. The molecule has 1 atom stereocenters. The highest BCUT2D eigenvalue weighted by Crippen LogP contribution is 2.33. The van der Waals surface area contributed by atoms with Gasteiger partial charge in [-0.3, -0.25) is 4.57 Å². The van der Waals surface area contributed by atoms with Gasteiger partial charge in [0.15, 0.2) is 6.54 Å². The molecule has 27 heavy (non-hydrogen) atoms. The largest absolute Gasteiger partial charge is 0.463 e. The number of nitriles is 1. The zero-order chi connectivity index (χ0) is 19.8. The number of aromatic nitrogens is 3. The lowest BCUT2D eigenvalue weighted by molar-refractivity contribution is -0.143. The van der Waals surface area contributed by atoms with Crippen LogP contribution in [0, 0.1) is 24.5 Å². The molecule has 2 aromatic rings. The van der Waals surface area contributed by atoms with Gasteiger partial charge in [0, 0.05) is 0 Å². The van der Waals surface area contributed by atoms with Gasteiger partial charge in [-0.15, -0.1) is 0 Å². The third-order valence-electron chi connectivity index (χ3n) is 3.28. The summed E-state index contributed by atoms with van der Waals surface area (Å²) in [7, 11) is 0. The third kappa shape index (κ3) is 4.33. The molecule has 0 saturated heterocycles. The van der Waals surface area contributed by atoms with E-state index in [-0.39, 0.29) is 36.6 Å². The predicted octanol–water partition coefficient (Wildman–Crippen LogP) is 3.45. The summed E-state index contributed by atoms with van der Waals surface area (Å²) >= 11 is 0. The minimum absolute atomic E-state index is 0.0357. The SMILES string of the molecule is [C-]#[N+]c1nc(C(C#N)N=Nc2nc(CC)co2)n(CC(=O)OCC)c1[N+]#[C-]. The summed E-state index contributed by atoms with van der Waals surface area (Å²) in [6.07, 6.45) is 2.07. The van der Waals surface area contributed by atoms with E-state index in [0.717, 1.165) is 4.57 Å². The Labute approximate surface area is 154 Å². The average Bonchev–Trinajstić information content (AvgIpc) is 3.27. The number of carbonyl (C=O) groups excluding carboxylic acids is 1. The maximum absolute atomic E-state index is 11.8. The van der Waals surface area contributed by atoms with Crippen LogP contribution in [0.25, 0.3) is 9.69 Å². The number of oxazole rings is 1. The molecule has 11 heteroatoms. The Morgan fingerprint density at radius 3 is 2.78 bits per heavy atom. The van der Waals surface area contributed by atoms with Crippen molar-refractivity contribution in [2.75, 3.05) is 6.61 Å². The summed E-state index contributed by atoms with van der Waals surface area (Å²) < 4.78 is 11.1. The molecule has 136 valence electrons. The summed E-state index contributed by atoms with van der Waals surface area (Å²) in [4.78, 5) is 26.3. The Morgan fingerprint density at radius 1 is 1.44 bits per heavy atom. The molecule has 0 N–H and O–H groups in total. The van der Waals surface area contributed by atoms with Crippen LogP contribution in [-0.2, 0) is 22.5 Å². The van der Waals surface area contributed by atoms with Crippen LogP contribution in [0.2, 0.25) is 0 Å². The number of esters is 1. The van der Waals surface area contributed by atoms with E-state index in [0.29, 0.717) is 12.1 Å². The molecule has 0 aromatic carbocycles. The monoisotopic (exact) mass is 366 g/mol. The van der Waals surface area contributed by atoms with E-state index < -0.39 is 12.0 Å². The summed E-state index contributed by atoms with van der Waals surface area (Å²) in [5.41, 5.74) is 0.673. The molecule has 0 bridgehead atoms. The van der Waals surface area contributed by atoms with Crippen LogP contribution >= 0.6 is 0 Å². The molecule has 0 radical (unpaired) electrons. The third-order valence-corrected chi connectivity index (χ3v) is 3.28. The maximum atomic E-state index is 11.8. The molecule has 0 spiro atoms. The zero-order valence-electron chi connectivity index (χ0n) is 14.6. The van der Waals surface area contributed by atoms with E-state index in [1.807, 2.05) is 13.0 Å². The van der Waals surface area contributed by atoms with Gasteiger partial charge in [0.2, 0.25) is 0 Å². The number of nitrogens with zero attached hydrogens (tertiary/aromatic N) is 8. The van der Waals surface area contributed by atoms with Gasteiger partial charge < -0.3 is 18.8 Å².